The molecule has 5 aromatic heterocycles. The van der Waals surface area contributed by atoms with Crippen LogP contribution in [-0.4, -0.2) is 34.1 Å². The molecular weight excluding hydrogens is 1600 g/mol. The molecule has 0 saturated heterocycles. The smallest absolute Gasteiger partial charge is 0.164 e. The molecular formula is C124H83N7O. The summed E-state index contributed by atoms with van der Waals surface area (Å²) in [6.07, 6.45) is 0. The van der Waals surface area contributed by atoms with E-state index < -0.39 is 0 Å². The highest BCUT2D eigenvalue weighted by Gasteiger charge is 2.36. The van der Waals surface area contributed by atoms with Crippen molar-refractivity contribution in [2.24, 2.45) is 0 Å². The van der Waals surface area contributed by atoms with E-state index in [4.69, 9.17) is 29.3 Å². The summed E-state index contributed by atoms with van der Waals surface area (Å²) in [5.74, 6) is 2.54. The zero-order valence-electron chi connectivity index (χ0n) is 72.5. The van der Waals surface area contributed by atoms with E-state index in [1.165, 1.54) is 71.6 Å². The number of hydrogen-bond donors (Lipinski definition) is 0. The first-order chi connectivity index (χ1) is 65.2. The first-order valence-corrected chi connectivity index (χ1v) is 45.0. The molecule has 0 bridgehead atoms. The molecule has 0 N–H and O–H groups in total. The van der Waals surface area contributed by atoms with Crippen LogP contribution in [0.15, 0.2) is 472 Å². The van der Waals surface area contributed by atoms with Crippen molar-refractivity contribution in [1.82, 2.24) is 34.1 Å². The Balaban J connectivity index is 0.000000146. The first-order valence-electron chi connectivity index (χ1n) is 45.0. The number of furan rings is 1. The van der Waals surface area contributed by atoms with E-state index in [2.05, 4.69) is 460 Å². The molecule has 8 nitrogen and oxygen atoms in total. The second-order valence-corrected chi connectivity index (χ2v) is 34.6. The van der Waals surface area contributed by atoms with Crippen LogP contribution in [0, 0.1) is 0 Å². The fourth-order valence-corrected chi connectivity index (χ4v) is 19.9. The second kappa shape index (κ2) is 32.8. The van der Waals surface area contributed by atoms with E-state index in [1.54, 1.807) is 0 Å². The van der Waals surface area contributed by atoms with Gasteiger partial charge in [-0.3, -0.25) is 0 Å². The molecule has 1 aliphatic carbocycles. The number of aromatic nitrogens is 7. The van der Waals surface area contributed by atoms with Gasteiger partial charge in [-0.05, 0) is 204 Å². The topological polar surface area (TPSA) is 87.5 Å². The lowest BCUT2D eigenvalue weighted by Crippen LogP contribution is -2.14. The van der Waals surface area contributed by atoms with Gasteiger partial charge in [0.05, 0.1) is 33.5 Å². The predicted octanol–water partition coefficient (Wildman–Crippen LogP) is 32.4. The second-order valence-electron chi connectivity index (χ2n) is 34.6. The maximum Gasteiger partial charge on any atom is 0.164 e. The Bertz CT molecular complexity index is 8590. The molecule has 0 spiro atoms. The van der Waals surface area contributed by atoms with Gasteiger partial charge in [-0.1, -0.05) is 372 Å². The number of fused-ring (bicyclic) bond motifs is 12. The third kappa shape index (κ3) is 14.1. The van der Waals surface area contributed by atoms with Gasteiger partial charge in [0.15, 0.2) is 23.3 Å². The number of rotatable bonds is 15. The third-order valence-corrected chi connectivity index (χ3v) is 26.3. The summed E-state index contributed by atoms with van der Waals surface area (Å²) in [4.78, 5) is 26.3. The molecule has 8 heteroatoms. The van der Waals surface area contributed by atoms with E-state index in [0.29, 0.717) is 23.3 Å². The Kier molecular flexibility index (Phi) is 19.4. The van der Waals surface area contributed by atoms with Crippen molar-refractivity contribution in [3.63, 3.8) is 0 Å². The molecule has 5 heterocycles. The Hall–Kier alpha value is -17.3. The third-order valence-electron chi connectivity index (χ3n) is 26.3. The maximum absolute atomic E-state index is 6.51. The quantitative estimate of drug-likeness (QED) is 0.102. The Morgan fingerprint density at radius 3 is 1.06 bits per heavy atom. The zero-order valence-corrected chi connectivity index (χ0v) is 72.5. The van der Waals surface area contributed by atoms with Gasteiger partial charge < -0.3 is 13.6 Å². The van der Waals surface area contributed by atoms with Gasteiger partial charge in [0.1, 0.15) is 11.2 Å². The SMILES string of the molecule is CC1(C)c2ccccc2-c2ccc(-c3cccc(-c4nc(-c5ccccc5)nc(-c5cccc(-c6cccc7c6c6cc(-c8ccccc8)ccc6n7-c6ccccc6)c5)n4)c3)cc21.c1ccc(-c2cccc(-c3cc(-c4cccc(-c5cccc6c5oc5ccccc56)c4)nc(-c4cccc(-c5cccc6c5c5cc(-c7ccccc7)ccc5n6-c5ccccc5)c4)n3)c2)cc1. The van der Waals surface area contributed by atoms with Gasteiger partial charge in [-0.25, -0.2) is 24.9 Å². The molecule has 0 radical (unpaired) electrons. The number of para-hydroxylation sites is 4. The monoisotopic (exact) mass is 1690 g/mol. The zero-order chi connectivity index (χ0) is 87.7. The fraction of sp³-hybridized carbons (Fsp3) is 0.0242. The van der Waals surface area contributed by atoms with E-state index in [-0.39, 0.29) is 5.41 Å². The fourth-order valence-electron chi connectivity index (χ4n) is 19.9. The van der Waals surface area contributed by atoms with Crippen LogP contribution in [0.3, 0.4) is 0 Å². The predicted molar refractivity (Wildman–Crippen MR) is 546 cm³/mol. The molecule has 19 aromatic carbocycles. The maximum atomic E-state index is 6.51. The van der Waals surface area contributed by atoms with E-state index in [0.717, 1.165) is 150 Å². The standard InChI is InChI=1S/C64H41N3O.C60H42N4/c1-4-17-42(18-5-1)44-21-12-24-48(37-44)57-41-58(49-25-13-23-47(38-49)53-31-15-32-55-54-29-10-11-34-61(54)68-63(53)55)66-64(65-57)50-26-14-22-46(39-50)52-30-16-33-60-62(52)56-40-45(43-19-6-2-7-20-43)35-36-59(56)67(60)51-27-8-3-9-28-51;1-60(2)52-29-13-12-27-49(52)50-33-31-43(38-53(50)60)41-21-14-23-45(35-41)58-61-57(40-19-8-4-9-20-40)62-59(63-58)46-24-15-22-44(36-46)48-28-16-30-55-56(48)51-37-42(39-17-6-3-7-18-39)32-34-54(51)64(55)47-25-10-5-11-26-47/h1-41H;3-38H,1-2H3. The largest absolute Gasteiger partial charge is 0.455 e. The molecule has 0 amide bonds. The van der Waals surface area contributed by atoms with Gasteiger partial charge in [-0.2, -0.15) is 0 Å². The van der Waals surface area contributed by atoms with Gasteiger partial charge >= 0.3 is 0 Å². The van der Waals surface area contributed by atoms with Crippen molar-refractivity contribution in [3.05, 3.63) is 478 Å². The lowest BCUT2D eigenvalue weighted by atomic mass is 9.81. The molecule has 0 atom stereocenters. The number of benzene rings is 19. The number of hydrogen-bond acceptors (Lipinski definition) is 6. The Morgan fingerprint density at radius 1 is 0.197 bits per heavy atom. The highest BCUT2D eigenvalue weighted by molar-refractivity contribution is 6.19. The first kappa shape index (κ1) is 78.2. The summed E-state index contributed by atoms with van der Waals surface area (Å²) in [6, 6.07) is 166. The van der Waals surface area contributed by atoms with Crippen LogP contribution in [-0.2, 0) is 5.41 Å². The van der Waals surface area contributed by atoms with E-state index in [9.17, 15) is 0 Å². The summed E-state index contributed by atoms with van der Waals surface area (Å²) in [7, 11) is 0. The van der Waals surface area contributed by atoms with Crippen LogP contribution >= 0.6 is 0 Å². The van der Waals surface area contributed by atoms with Gasteiger partial charge in [0, 0.05) is 88.1 Å². The highest BCUT2D eigenvalue weighted by atomic mass is 16.3. The summed E-state index contributed by atoms with van der Waals surface area (Å²) >= 11 is 0. The van der Waals surface area contributed by atoms with E-state index in [1.807, 2.05) is 30.3 Å². The Labute approximate surface area is 764 Å². The molecule has 0 aliphatic heterocycles. The molecule has 25 rings (SSSR count). The molecule has 0 saturated carbocycles. The molecule has 1 aliphatic rings. The molecule has 0 unspecified atom stereocenters. The summed E-state index contributed by atoms with van der Waals surface area (Å²) in [5.41, 5.74) is 37.2. The average molecular weight is 1690 g/mol. The minimum absolute atomic E-state index is 0.0859. The molecule has 24 aromatic rings. The minimum atomic E-state index is -0.0859. The summed E-state index contributed by atoms with van der Waals surface area (Å²) < 4.78 is 11.3. The van der Waals surface area contributed by atoms with Crippen LogP contribution in [0.25, 0.3) is 234 Å². The van der Waals surface area contributed by atoms with Crippen LogP contribution in [0.2, 0.25) is 0 Å². The minimum Gasteiger partial charge on any atom is -0.455 e. The van der Waals surface area contributed by atoms with Crippen LogP contribution in [0.5, 0.6) is 0 Å². The summed E-state index contributed by atoms with van der Waals surface area (Å²) in [5, 5.41) is 7.01. The molecule has 132 heavy (non-hydrogen) atoms. The van der Waals surface area contributed by atoms with Crippen LogP contribution in [0.1, 0.15) is 25.0 Å². The van der Waals surface area contributed by atoms with Crippen LogP contribution in [0.4, 0.5) is 0 Å². The van der Waals surface area contributed by atoms with Crippen molar-refractivity contribution in [2.45, 2.75) is 19.3 Å². The van der Waals surface area contributed by atoms with Crippen molar-refractivity contribution in [2.75, 3.05) is 0 Å². The van der Waals surface area contributed by atoms with Gasteiger partial charge in [0.2, 0.25) is 0 Å². The highest BCUT2D eigenvalue weighted by Crippen LogP contribution is 2.51. The Morgan fingerprint density at radius 2 is 0.530 bits per heavy atom. The molecule has 620 valence electrons. The summed E-state index contributed by atoms with van der Waals surface area (Å²) in [6.45, 7) is 4.66. The van der Waals surface area contributed by atoms with Gasteiger partial charge in [0.25, 0.3) is 0 Å². The number of nitrogens with zero attached hydrogens (tertiary/aromatic N) is 7. The normalized spacial score (nSPS) is 12.1. The van der Waals surface area contributed by atoms with Crippen molar-refractivity contribution in [1.29, 1.82) is 0 Å². The lowest BCUT2D eigenvalue weighted by molar-refractivity contribution is 0.660. The van der Waals surface area contributed by atoms with Crippen molar-refractivity contribution < 1.29 is 4.42 Å². The average Bonchev–Trinajstić information content (AvgIpc) is 1.58. The van der Waals surface area contributed by atoms with Crippen molar-refractivity contribution >= 4 is 65.6 Å². The van der Waals surface area contributed by atoms with E-state index >= 15 is 0 Å². The van der Waals surface area contributed by atoms with Crippen LogP contribution < -0.4 is 0 Å². The lowest BCUT2D eigenvalue weighted by Gasteiger charge is -2.22. The molecule has 0 fully saturated rings. The van der Waals surface area contributed by atoms with Crippen molar-refractivity contribution in [3.8, 4) is 168 Å². The van der Waals surface area contributed by atoms with Gasteiger partial charge in [-0.15, -0.1) is 0 Å².